The van der Waals surface area contributed by atoms with Crippen molar-refractivity contribution in [2.24, 2.45) is 0 Å². The van der Waals surface area contributed by atoms with Crippen LogP contribution in [0, 0.1) is 13.8 Å². The Morgan fingerprint density at radius 3 is 2.47 bits per heavy atom. The molecule has 3 aromatic heterocycles. The Bertz CT molecular complexity index is 1320. The number of ether oxygens (including phenoxy) is 2. The molecule has 1 aliphatic rings. The Morgan fingerprint density at radius 1 is 1.00 bits per heavy atom. The number of anilines is 1. The molecule has 2 atom stereocenters. The molecule has 0 spiro atoms. The quantitative estimate of drug-likeness (QED) is 0.424. The molecule has 0 radical (unpaired) electrons. The van der Waals surface area contributed by atoms with Gasteiger partial charge in [0.15, 0.2) is 5.11 Å². The number of aryl methyl sites for hydroxylation is 1. The zero-order valence-electron chi connectivity index (χ0n) is 19.3. The molecule has 10 heteroatoms. The molecule has 2 unspecified atom stereocenters. The number of nitrogens with one attached hydrogen (secondary N) is 1. The average molecular weight is 476 g/mol. The number of hydrogen-bond donors (Lipinski definition) is 1. The number of hydrogen-bond acceptors (Lipinski definition) is 6. The van der Waals surface area contributed by atoms with Crippen LogP contribution in [0.1, 0.15) is 34.7 Å². The normalized spacial score (nSPS) is 17.6. The standard InChI is InChI=1S/C24H25N7O2S/c1-15-11-18(16(2)31(15)29-13-26-27-14-29)23-22(19-7-5-6-10-25-19)28-24(34)30(23)20-12-17(32-3)8-9-21(20)33-4/h5-14,22-23H,1-4H3,(H,28,34). The molecule has 1 saturated heterocycles. The van der Waals surface area contributed by atoms with Crippen LogP contribution >= 0.6 is 12.2 Å². The van der Waals surface area contributed by atoms with E-state index in [0.717, 1.165) is 28.3 Å². The predicted molar refractivity (Wildman–Crippen MR) is 132 cm³/mol. The van der Waals surface area contributed by atoms with E-state index in [0.29, 0.717) is 16.6 Å². The van der Waals surface area contributed by atoms with E-state index in [2.05, 4.69) is 50.0 Å². The first-order valence-electron chi connectivity index (χ1n) is 10.8. The van der Waals surface area contributed by atoms with Crippen LogP contribution in [0.15, 0.2) is 61.3 Å². The minimum atomic E-state index is -0.195. The Hall–Kier alpha value is -3.92. The maximum absolute atomic E-state index is 5.88. The molecule has 4 aromatic rings. The number of nitrogens with zero attached hydrogens (tertiary/aromatic N) is 6. The van der Waals surface area contributed by atoms with Crippen molar-refractivity contribution in [3.63, 3.8) is 0 Å². The van der Waals surface area contributed by atoms with Gasteiger partial charge in [-0.2, -0.15) is 0 Å². The Balaban J connectivity index is 1.72. The van der Waals surface area contributed by atoms with Crippen molar-refractivity contribution in [3.8, 4) is 11.5 Å². The first kappa shape index (κ1) is 21.9. The summed E-state index contributed by atoms with van der Waals surface area (Å²) in [5.41, 5.74) is 4.90. The lowest BCUT2D eigenvalue weighted by atomic mass is 9.96. The van der Waals surface area contributed by atoms with Gasteiger partial charge in [0.1, 0.15) is 24.2 Å². The first-order valence-corrected chi connectivity index (χ1v) is 11.2. The molecule has 5 rings (SSSR count). The highest BCUT2D eigenvalue weighted by Gasteiger charge is 2.43. The highest BCUT2D eigenvalue weighted by Crippen LogP contribution is 2.46. The monoisotopic (exact) mass is 475 g/mol. The van der Waals surface area contributed by atoms with Crippen molar-refractivity contribution < 1.29 is 9.47 Å². The van der Waals surface area contributed by atoms with Gasteiger partial charge in [0, 0.05) is 29.2 Å². The van der Waals surface area contributed by atoms with Crippen molar-refractivity contribution in [1.29, 1.82) is 0 Å². The van der Waals surface area contributed by atoms with E-state index in [-0.39, 0.29) is 12.1 Å². The molecule has 0 amide bonds. The number of thiocarbonyl (C=S) groups is 1. The molecule has 1 fully saturated rings. The predicted octanol–water partition coefficient (Wildman–Crippen LogP) is 3.60. The summed E-state index contributed by atoms with van der Waals surface area (Å²) < 4.78 is 15.2. The minimum Gasteiger partial charge on any atom is -0.497 e. The molecular weight excluding hydrogens is 450 g/mol. The van der Waals surface area contributed by atoms with E-state index in [1.165, 1.54) is 0 Å². The summed E-state index contributed by atoms with van der Waals surface area (Å²) in [6.45, 7) is 4.14. The summed E-state index contributed by atoms with van der Waals surface area (Å²) in [6, 6.07) is 13.4. The number of benzene rings is 1. The smallest absolute Gasteiger partial charge is 0.174 e. The van der Waals surface area contributed by atoms with E-state index < -0.39 is 0 Å². The zero-order chi connectivity index (χ0) is 23.8. The van der Waals surface area contributed by atoms with Gasteiger partial charge < -0.3 is 19.7 Å². The van der Waals surface area contributed by atoms with Crippen LogP contribution in [0.25, 0.3) is 0 Å². The topological polar surface area (TPSA) is 82.3 Å². The molecular formula is C24H25N7O2S. The fraction of sp³-hybridized carbons (Fsp3) is 0.250. The molecule has 1 aromatic carbocycles. The Kier molecular flexibility index (Phi) is 5.66. The summed E-state index contributed by atoms with van der Waals surface area (Å²) in [5, 5.41) is 12.0. The minimum absolute atomic E-state index is 0.181. The molecule has 4 heterocycles. The summed E-state index contributed by atoms with van der Waals surface area (Å²) in [6.07, 6.45) is 5.16. The molecule has 9 nitrogen and oxygen atoms in total. The maximum atomic E-state index is 5.88. The third-order valence-corrected chi connectivity index (χ3v) is 6.45. The van der Waals surface area contributed by atoms with Crippen LogP contribution in [0.4, 0.5) is 5.69 Å². The van der Waals surface area contributed by atoms with Gasteiger partial charge in [-0.05, 0) is 56.4 Å². The van der Waals surface area contributed by atoms with E-state index in [9.17, 15) is 0 Å². The third-order valence-electron chi connectivity index (χ3n) is 6.13. The number of methoxy groups -OCH3 is 2. The van der Waals surface area contributed by atoms with Gasteiger partial charge in [-0.3, -0.25) is 9.66 Å². The second-order valence-electron chi connectivity index (χ2n) is 8.01. The molecule has 0 saturated carbocycles. The van der Waals surface area contributed by atoms with Gasteiger partial charge in [-0.15, -0.1) is 10.2 Å². The fourth-order valence-electron chi connectivity index (χ4n) is 4.65. The van der Waals surface area contributed by atoms with E-state index in [4.69, 9.17) is 21.7 Å². The molecule has 0 bridgehead atoms. The van der Waals surface area contributed by atoms with Crippen LogP contribution < -0.4 is 19.7 Å². The van der Waals surface area contributed by atoms with E-state index in [1.54, 1.807) is 33.1 Å². The third kappa shape index (κ3) is 3.56. The van der Waals surface area contributed by atoms with Crippen LogP contribution in [0.3, 0.4) is 0 Å². The van der Waals surface area contributed by atoms with Crippen molar-refractivity contribution in [3.05, 3.63) is 84.0 Å². The van der Waals surface area contributed by atoms with Crippen LogP contribution in [0.5, 0.6) is 11.5 Å². The second kappa shape index (κ2) is 8.79. The van der Waals surface area contributed by atoms with Crippen molar-refractivity contribution in [1.82, 2.24) is 29.9 Å². The summed E-state index contributed by atoms with van der Waals surface area (Å²) >= 11 is 5.88. The molecule has 1 N–H and O–H groups in total. The fourth-order valence-corrected chi connectivity index (χ4v) is 4.99. The number of rotatable bonds is 6. The molecule has 34 heavy (non-hydrogen) atoms. The highest BCUT2D eigenvalue weighted by atomic mass is 32.1. The maximum Gasteiger partial charge on any atom is 0.174 e. The highest BCUT2D eigenvalue weighted by molar-refractivity contribution is 7.80. The number of aromatic nitrogens is 5. The molecule has 1 aliphatic heterocycles. The van der Waals surface area contributed by atoms with Gasteiger partial charge in [-0.1, -0.05) is 6.07 Å². The van der Waals surface area contributed by atoms with Crippen molar-refractivity contribution >= 4 is 23.0 Å². The largest absolute Gasteiger partial charge is 0.497 e. The van der Waals surface area contributed by atoms with Gasteiger partial charge in [-0.25, -0.2) is 4.68 Å². The Labute approximate surface area is 202 Å². The van der Waals surface area contributed by atoms with Crippen molar-refractivity contribution in [2.45, 2.75) is 25.9 Å². The van der Waals surface area contributed by atoms with Crippen LogP contribution in [0.2, 0.25) is 0 Å². The zero-order valence-corrected chi connectivity index (χ0v) is 20.2. The lowest BCUT2D eigenvalue weighted by Gasteiger charge is -2.29. The SMILES string of the molecule is COc1ccc(OC)c(N2C(=S)NC(c3ccccn3)C2c2cc(C)n(-n3cnnc3)c2C)c1. The molecule has 0 aliphatic carbocycles. The van der Waals surface area contributed by atoms with Gasteiger partial charge in [0.05, 0.1) is 37.7 Å². The van der Waals surface area contributed by atoms with Crippen LogP contribution in [-0.4, -0.2) is 43.9 Å². The van der Waals surface area contributed by atoms with E-state index >= 15 is 0 Å². The summed E-state index contributed by atoms with van der Waals surface area (Å²) in [7, 11) is 3.30. The second-order valence-corrected chi connectivity index (χ2v) is 8.40. The lowest BCUT2D eigenvalue weighted by molar-refractivity contribution is 0.403. The first-order chi connectivity index (χ1) is 16.5. The van der Waals surface area contributed by atoms with Crippen LogP contribution in [-0.2, 0) is 0 Å². The molecule has 174 valence electrons. The number of pyridine rings is 1. The summed E-state index contributed by atoms with van der Waals surface area (Å²) in [5.74, 6) is 1.41. The van der Waals surface area contributed by atoms with Gasteiger partial charge in [0.25, 0.3) is 0 Å². The summed E-state index contributed by atoms with van der Waals surface area (Å²) in [4.78, 5) is 6.74. The van der Waals surface area contributed by atoms with Gasteiger partial charge in [0.2, 0.25) is 0 Å². The van der Waals surface area contributed by atoms with Gasteiger partial charge >= 0.3 is 0 Å². The Morgan fingerprint density at radius 2 is 1.79 bits per heavy atom. The average Bonchev–Trinajstić information content (AvgIpc) is 3.57. The lowest BCUT2D eigenvalue weighted by Crippen LogP contribution is -2.30. The van der Waals surface area contributed by atoms with Crippen molar-refractivity contribution in [2.75, 3.05) is 19.1 Å². The van der Waals surface area contributed by atoms with E-state index in [1.807, 2.05) is 41.1 Å².